The molecule has 6 nitrogen and oxygen atoms in total. The summed E-state index contributed by atoms with van der Waals surface area (Å²) in [6, 6.07) is 11.1. The van der Waals surface area contributed by atoms with Crippen molar-refractivity contribution >= 4 is 29.9 Å². The molecule has 2 heterocycles. The molecule has 1 aromatic heterocycles. The maximum Gasteiger partial charge on any atom is 0.422 e. The van der Waals surface area contributed by atoms with Crippen LogP contribution in [0.3, 0.4) is 0 Å². The van der Waals surface area contributed by atoms with E-state index in [2.05, 4.69) is 31.4 Å². The smallest absolute Gasteiger partial charge is 0.422 e. The number of para-hydroxylation sites is 1. The SMILES string of the molecule is CCNC(=NCc1ccnc(OCC(F)(F)F)c1)NCC1Cc2ccccc2O1.I. The lowest BCUT2D eigenvalue weighted by Gasteiger charge is -2.15. The van der Waals surface area contributed by atoms with Crippen molar-refractivity contribution in [3.8, 4) is 11.6 Å². The Balaban J connectivity index is 0.00000320. The number of nitrogens with zero attached hydrogens (tertiary/aromatic N) is 2. The molecule has 0 saturated heterocycles. The molecule has 1 unspecified atom stereocenters. The Morgan fingerprint density at radius 3 is 2.80 bits per heavy atom. The predicted octanol–water partition coefficient (Wildman–Crippen LogP) is 3.70. The van der Waals surface area contributed by atoms with Crippen LogP contribution in [0.5, 0.6) is 11.6 Å². The molecule has 1 aromatic carbocycles. The maximum absolute atomic E-state index is 12.3. The molecule has 0 fully saturated rings. The van der Waals surface area contributed by atoms with Crippen molar-refractivity contribution in [3.05, 3.63) is 53.7 Å². The highest BCUT2D eigenvalue weighted by Gasteiger charge is 2.28. The standard InChI is InChI=1S/C20H23F3N4O2.HI/c1-2-24-19(27-12-16-10-15-5-3-4-6-17(15)29-16)26-11-14-7-8-25-18(9-14)28-13-20(21,22)23;/h3-9,16H,2,10-13H2,1H3,(H2,24,26,27);1H. The van der Waals surface area contributed by atoms with E-state index in [0.717, 1.165) is 12.2 Å². The van der Waals surface area contributed by atoms with Crippen molar-refractivity contribution in [2.75, 3.05) is 19.7 Å². The second-order valence-corrected chi connectivity index (χ2v) is 6.53. The van der Waals surface area contributed by atoms with Gasteiger partial charge >= 0.3 is 6.18 Å². The fourth-order valence-electron chi connectivity index (χ4n) is 2.87. The minimum atomic E-state index is -4.40. The zero-order valence-electron chi connectivity index (χ0n) is 16.4. The number of aromatic nitrogens is 1. The summed E-state index contributed by atoms with van der Waals surface area (Å²) in [5.74, 6) is 1.43. The van der Waals surface area contributed by atoms with E-state index in [1.54, 1.807) is 6.07 Å². The van der Waals surface area contributed by atoms with Gasteiger partial charge in [-0.3, -0.25) is 0 Å². The second-order valence-electron chi connectivity index (χ2n) is 6.53. The van der Waals surface area contributed by atoms with Crippen LogP contribution in [0, 0.1) is 0 Å². The van der Waals surface area contributed by atoms with Crippen LogP contribution in [0.4, 0.5) is 13.2 Å². The summed E-state index contributed by atoms with van der Waals surface area (Å²) >= 11 is 0. The molecule has 1 aliphatic heterocycles. The minimum Gasteiger partial charge on any atom is -0.488 e. The van der Waals surface area contributed by atoms with Gasteiger partial charge in [-0.25, -0.2) is 9.98 Å². The first-order valence-corrected chi connectivity index (χ1v) is 9.34. The van der Waals surface area contributed by atoms with Crippen LogP contribution < -0.4 is 20.1 Å². The zero-order chi connectivity index (χ0) is 20.7. The van der Waals surface area contributed by atoms with Crippen LogP contribution in [-0.2, 0) is 13.0 Å². The van der Waals surface area contributed by atoms with Crippen LogP contribution in [0.25, 0.3) is 0 Å². The third-order valence-corrected chi connectivity index (χ3v) is 4.16. The average molecular weight is 536 g/mol. The van der Waals surface area contributed by atoms with E-state index < -0.39 is 12.8 Å². The Morgan fingerprint density at radius 2 is 2.07 bits per heavy atom. The third-order valence-electron chi connectivity index (χ3n) is 4.16. The molecule has 0 aliphatic carbocycles. The molecular weight excluding hydrogens is 512 g/mol. The molecule has 1 aliphatic rings. The van der Waals surface area contributed by atoms with E-state index in [-0.39, 0.29) is 42.5 Å². The van der Waals surface area contributed by atoms with E-state index >= 15 is 0 Å². The Kier molecular flexibility index (Phi) is 9.00. The van der Waals surface area contributed by atoms with Gasteiger partial charge in [0.25, 0.3) is 0 Å². The van der Waals surface area contributed by atoms with E-state index in [1.807, 2.05) is 25.1 Å². The lowest BCUT2D eigenvalue weighted by atomic mass is 10.1. The van der Waals surface area contributed by atoms with E-state index in [0.29, 0.717) is 24.6 Å². The number of nitrogens with one attached hydrogen (secondary N) is 2. The maximum atomic E-state index is 12.3. The first-order chi connectivity index (χ1) is 13.9. The lowest BCUT2D eigenvalue weighted by molar-refractivity contribution is -0.154. The van der Waals surface area contributed by atoms with Crippen LogP contribution >= 0.6 is 24.0 Å². The van der Waals surface area contributed by atoms with Crippen molar-refractivity contribution in [1.29, 1.82) is 0 Å². The number of pyridine rings is 1. The van der Waals surface area contributed by atoms with Crippen LogP contribution in [0.1, 0.15) is 18.1 Å². The molecule has 1 atom stereocenters. The molecule has 0 radical (unpaired) electrons. The summed E-state index contributed by atoms with van der Waals surface area (Å²) in [7, 11) is 0. The Bertz CT molecular complexity index is 824. The Hall–Kier alpha value is -2.24. The molecular formula is C20H24F3IN4O2. The molecule has 2 N–H and O–H groups in total. The average Bonchev–Trinajstić information content (AvgIpc) is 3.11. The molecule has 30 heavy (non-hydrogen) atoms. The number of alkyl halides is 3. The summed E-state index contributed by atoms with van der Waals surface area (Å²) in [5, 5.41) is 6.39. The van der Waals surface area contributed by atoms with Gasteiger partial charge in [-0.1, -0.05) is 18.2 Å². The second kappa shape index (κ2) is 11.2. The summed E-state index contributed by atoms with van der Waals surface area (Å²) in [5.41, 5.74) is 1.88. The van der Waals surface area contributed by atoms with Gasteiger partial charge in [0.1, 0.15) is 11.9 Å². The monoisotopic (exact) mass is 536 g/mol. The normalized spacial score (nSPS) is 15.6. The van der Waals surface area contributed by atoms with E-state index in [9.17, 15) is 13.2 Å². The Morgan fingerprint density at radius 1 is 1.27 bits per heavy atom. The van der Waals surface area contributed by atoms with E-state index in [4.69, 9.17) is 4.74 Å². The molecule has 3 rings (SSSR count). The van der Waals surface area contributed by atoms with Crippen molar-refractivity contribution in [2.45, 2.75) is 32.2 Å². The Labute approximate surface area is 190 Å². The molecule has 0 spiro atoms. The molecule has 164 valence electrons. The van der Waals surface area contributed by atoms with Gasteiger partial charge in [-0.15, -0.1) is 24.0 Å². The van der Waals surface area contributed by atoms with Crippen LogP contribution in [-0.4, -0.2) is 42.9 Å². The quantitative estimate of drug-likeness (QED) is 0.321. The van der Waals surface area contributed by atoms with Crippen molar-refractivity contribution in [1.82, 2.24) is 15.6 Å². The van der Waals surface area contributed by atoms with Gasteiger partial charge in [0.05, 0.1) is 13.1 Å². The van der Waals surface area contributed by atoms with Crippen LogP contribution in [0.2, 0.25) is 0 Å². The highest BCUT2D eigenvalue weighted by molar-refractivity contribution is 14.0. The van der Waals surface area contributed by atoms with Crippen molar-refractivity contribution < 1.29 is 22.6 Å². The van der Waals surface area contributed by atoms with Gasteiger partial charge in [-0.2, -0.15) is 13.2 Å². The van der Waals surface area contributed by atoms with Gasteiger partial charge in [0, 0.05) is 25.2 Å². The number of benzene rings is 1. The molecule has 0 amide bonds. The molecule has 0 saturated carbocycles. The third kappa shape index (κ3) is 7.54. The number of fused-ring (bicyclic) bond motifs is 1. The largest absolute Gasteiger partial charge is 0.488 e. The minimum absolute atomic E-state index is 0. The van der Waals surface area contributed by atoms with Gasteiger partial charge in [0.2, 0.25) is 5.88 Å². The van der Waals surface area contributed by atoms with Gasteiger partial charge < -0.3 is 20.1 Å². The lowest BCUT2D eigenvalue weighted by Crippen LogP contribution is -2.42. The topological polar surface area (TPSA) is 67.8 Å². The fraction of sp³-hybridized carbons (Fsp3) is 0.400. The molecule has 10 heteroatoms. The summed E-state index contributed by atoms with van der Waals surface area (Å²) < 4.78 is 47.4. The van der Waals surface area contributed by atoms with Crippen LogP contribution in [0.15, 0.2) is 47.6 Å². The predicted molar refractivity (Wildman–Crippen MR) is 119 cm³/mol. The number of hydrogen-bond acceptors (Lipinski definition) is 4. The number of hydrogen-bond donors (Lipinski definition) is 2. The summed E-state index contributed by atoms with van der Waals surface area (Å²) in [4.78, 5) is 8.27. The first-order valence-electron chi connectivity index (χ1n) is 9.34. The van der Waals surface area contributed by atoms with Crippen molar-refractivity contribution in [2.24, 2.45) is 4.99 Å². The summed E-state index contributed by atoms with van der Waals surface area (Å²) in [6.07, 6.45) is -2.16. The van der Waals surface area contributed by atoms with Gasteiger partial charge in [0.15, 0.2) is 12.6 Å². The summed E-state index contributed by atoms with van der Waals surface area (Å²) in [6.45, 7) is 2.10. The molecule has 0 bridgehead atoms. The van der Waals surface area contributed by atoms with Gasteiger partial charge in [-0.05, 0) is 30.2 Å². The number of halogens is 4. The van der Waals surface area contributed by atoms with Crippen molar-refractivity contribution in [3.63, 3.8) is 0 Å². The first kappa shape index (κ1) is 24.0. The molecule has 2 aromatic rings. The highest BCUT2D eigenvalue weighted by atomic mass is 127. The number of ether oxygens (including phenoxy) is 2. The number of guanidine groups is 1. The number of rotatable bonds is 7. The zero-order valence-corrected chi connectivity index (χ0v) is 18.7. The fourth-order valence-corrected chi connectivity index (χ4v) is 2.87. The highest BCUT2D eigenvalue weighted by Crippen LogP contribution is 2.27. The van der Waals surface area contributed by atoms with E-state index in [1.165, 1.54) is 17.8 Å². The number of aliphatic imine (C=N–C) groups is 1.